The second-order valence-corrected chi connectivity index (χ2v) is 3.64. The maximum absolute atomic E-state index is 5.54. The largest absolute Gasteiger partial charge is 0.381 e. The van der Waals surface area contributed by atoms with Gasteiger partial charge < -0.3 is 14.8 Å². The monoisotopic (exact) mass is 214 g/mol. The summed E-state index contributed by atoms with van der Waals surface area (Å²) in [6, 6.07) is 5.60. The summed E-state index contributed by atoms with van der Waals surface area (Å²) >= 11 is 0. The van der Waals surface area contributed by atoms with Gasteiger partial charge in [-0.3, -0.25) is 0 Å². The molecule has 3 heterocycles. The molecule has 2 N–H and O–H groups in total. The van der Waals surface area contributed by atoms with Crippen molar-refractivity contribution in [2.75, 3.05) is 5.73 Å². The number of nitrogens with zero attached hydrogens (tertiary/aromatic N) is 3. The molecule has 16 heavy (non-hydrogen) atoms. The molecule has 0 aliphatic heterocycles. The van der Waals surface area contributed by atoms with Gasteiger partial charge in [-0.25, -0.2) is 4.98 Å². The average molecular weight is 214 g/mol. The van der Waals surface area contributed by atoms with Crippen LogP contribution in [0.25, 0.3) is 22.4 Å². The molecule has 3 rings (SSSR count). The molecule has 0 atom stereocenters. The van der Waals surface area contributed by atoms with Gasteiger partial charge in [-0.15, -0.1) is 0 Å². The number of hydrogen-bond donors (Lipinski definition) is 1. The Kier molecular flexibility index (Phi) is 1.73. The van der Waals surface area contributed by atoms with Gasteiger partial charge in [-0.2, -0.15) is 0 Å². The number of aromatic nitrogens is 3. The van der Waals surface area contributed by atoms with Gasteiger partial charge in [0.2, 0.25) is 0 Å². The van der Waals surface area contributed by atoms with E-state index in [1.165, 1.54) is 0 Å². The van der Waals surface area contributed by atoms with Crippen molar-refractivity contribution in [2.45, 2.75) is 0 Å². The summed E-state index contributed by atoms with van der Waals surface area (Å²) in [5, 5.41) is 4.71. The van der Waals surface area contributed by atoms with E-state index in [4.69, 9.17) is 10.3 Å². The van der Waals surface area contributed by atoms with Crippen LogP contribution in [0.2, 0.25) is 0 Å². The molecule has 0 fully saturated rings. The minimum absolute atomic E-state index is 0.385. The second-order valence-electron chi connectivity index (χ2n) is 3.64. The molecule has 5 nitrogen and oxygen atoms in total. The minimum Gasteiger partial charge on any atom is -0.381 e. The Bertz CT molecular complexity index is 653. The summed E-state index contributed by atoms with van der Waals surface area (Å²) in [4.78, 5) is 4.30. The number of anilines is 1. The van der Waals surface area contributed by atoms with Crippen molar-refractivity contribution >= 4 is 16.9 Å². The maximum Gasteiger partial charge on any atom is 0.171 e. The summed E-state index contributed by atoms with van der Waals surface area (Å²) in [7, 11) is 1.94. The number of aryl methyl sites for hydroxylation is 1. The molecule has 0 aromatic carbocycles. The summed E-state index contributed by atoms with van der Waals surface area (Å²) < 4.78 is 7.10. The number of nitrogen functional groups attached to an aromatic ring is 1. The lowest BCUT2D eigenvalue weighted by atomic mass is 10.2. The first-order chi connectivity index (χ1) is 7.75. The number of pyridine rings is 1. The van der Waals surface area contributed by atoms with E-state index in [9.17, 15) is 0 Å². The molecule has 0 saturated heterocycles. The van der Waals surface area contributed by atoms with Crippen molar-refractivity contribution in [2.24, 2.45) is 7.05 Å². The molecular weight excluding hydrogens is 204 g/mol. The van der Waals surface area contributed by atoms with Gasteiger partial charge in [0.15, 0.2) is 11.6 Å². The first kappa shape index (κ1) is 8.96. The van der Waals surface area contributed by atoms with Gasteiger partial charge in [0.25, 0.3) is 0 Å². The molecule has 0 amide bonds. The normalized spacial score (nSPS) is 11.1. The Morgan fingerprint density at radius 3 is 3.06 bits per heavy atom. The van der Waals surface area contributed by atoms with Crippen LogP contribution in [0.15, 0.2) is 35.1 Å². The molecule has 0 aliphatic rings. The Hall–Kier alpha value is -2.30. The molecule has 0 saturated carbocycles. The van der Waals surface area contributed by atoms with Crippen molar-refractivity contribution in [1.29, 1.82) is 0 Å². The van der Waals surface area contributed by atoms with Crippen molar-refractivity contribution in [3.63, 3.8) is 0 Å². The van der Waals surface area contributed by atoms with E-state index in [2.05, 4.69) is 10.1 Å². The molecule has 3 aromatic rings. The Balaban J connectivity index is 2.32. The van der Waals surface area contributed by atoms with Crippen LogP contribution in [-0.2, 0) is 7.05 Å². The molecule has 5 heteroatoms. The topological polar surface area (TPSA) is 69.9 Å². The van der Waals surface area contributed by atoms with Crippen LogP contribution in [0, 0.1) is 0 Å². The highest BCUT2D eigenvalue weighted by atomic mass is 16.5. The average Bonchev–Trinajstić information content (AvgIpc) is 2.84. The highest BCUT2D eigenvalue weighted by molar-refractivity contribution is 5.92. The Labute approximate surface area is 91.5 Å². The summed E-state index contributed by atoms with van der Waals surface area (Å²) in [6.45, 7) is 0. The fraction of sp³-hybridized carbons (Fsp3) is 0.0909. The van der Waals surface area contributed by atoms with Crippen LogP contribution in [0.5, 0.6) is 0 Å². The van der Waals surface area contributed by atoms with Gasteiger partial charge in [-0.1, -0.05) is 5.16 Å². The van der Waals surface area contributed by atoms with Crippen LogP contribution in [0.3, 0.4) is 0 Å². The number of nitrogens with two attached hydrogens (primary N) is 1. The minimum atomic E-state index is 0.385. The van der Waals surface area contributed by atoms with E-state index in [0.29, 0.717) is 11.6 Å². The maximum atomic E-state index is 5.54. The Morgan fingerprint density at radius 2 is 2.31 bits per heavy atom. The second kappa shape index (κ2) is 3.10. The fourth-order valence-corrected chi connectivity index (χ4v) is 1.82. The highest BCUT2D eigenvalue weighted by Gasteiger charge is 2.12. The SMILES string of the molecule is Cn1cc(-c2cc(N)no2)c2cccnc21. The van der Waals surface area contributed by atoms with Gasteiger partial charge >= 0.3 is 0 Å². The van der Waals surface area contributed by atoms with Crippen LogP contribution < -0.4 is 5.73 Å². The number of hydrogen-bond acceptors (Lipinski definition) is 4. The third-order valence-corrected chi connectivity index (χ3v) is 2.53. The predicted octanol–water partition coefficient (Wildman–Crippen LogP) is 1.81. The van der Waals surface area contributed by atoms with Crippen LogP contribution in [0.4, 0.5) is 5.82 Å². The van der Waals surface area contributed by atoms with E-state index < -0.39 is 0 Å². The van der Waals surface area contributed by atoms with Gasteiger partial charge in [-0.05, 0) is 12.1 Å². The van der Waals surface area contributed by atoms with E-state index >= 15 is 0 Å². The van der Waals surface area contributed by atoms with Gasteiger partial charge in [0.1, 0.15) is 5.65 Å². The smallest absolute Gasteiger partial charge is 0.171 e. The van der Waals surface area contributed by atoms with E-state index in [1.807, 2.05) is 29.9 Å². The lowest BCUT2D eigenvalue weighted by Gasteiger charge is -1.92. The van der Waals surface area contributed by atoms with E-state index in [1.54, 1.807) is 12.3 Å². The van der Waals surface area contributed by atoms with Crippen LogP contribution in [0.1, 0.15) is 0 Å². The molecule has 0 radical (unpaired) electrons. The van der Waals surface area contributed by atoms with Crippen LogP contribution >= 0.6 is 0 Å². The van der Waals surface area contributed by atoms with Crippen LogP contribution in [-0.4, -0.2) is 14.7 Å². The summed E-state index contributed by atoms with van der Waals surface area (Å²) in [5.41, 5.74) is 7.40. The van der Waals surface area contributed by atoms with Crippen molar-refractivity contribution in [3.05, 3.63) is 30.6 Å². The number of fused-ring (bicyclic) bond motifs is 1. The quantitative estimate of drug-likeness (QED) is 0.670. The lowest BCUT2D eigenvalue weighted by Crippen LogP contribution is -1.85. The van der Waals surface area contributed by atoms with Crippen molar-refractivity contribution in [1.82, 2.24) is 14.7 Å². The molecule has 0 unspecified atom stereocenters. The predicted molar refractivity (Wildman–Crippen MR) is 60.6 cm³/mol. The van der Waals surface area contributed by atoms with E-state index in [0.717, 1.165) is 16.6 Å². The van der Waals surface area contributed by atoms with E-state index in [-0.39, 0.29) is 0 Å². The highest BCUT2D eigenvalue weighted by Crippen LogP contribution is 2.29. The van der Waals surface area contributed by atoms with Gasteiger partial charge in [0, 0.05) is 36.5 Å². The molecule has 0 bridgehead atoms. The van der Waals surface area contributed by atoms with Crippen molar-refractivity contribution in [3.8, 4) is 11.3 Å². The fourth-order valence-electron chi connectivity index (χ4n) is 1.82. The Morgan fingerprint density at radius 1 is 1.44 bits per heavy atom. The molecule has 3 aromatic heterocycles. The lowest BCUT2D eigenvalue weighted by molar-refractivity contribution is 0.436. The zero-order valence-corrected chi connectivity index (χ0v) is 8.71. The number of rotatable bonds is 1. The molecule has 80 valence electrons. The van der Waals surface area contributed by atoms with Crippen molar-refractivity contribution < 1.29 is 4.52 Å². The zero-order valence-electron chi connectivity index (χ0n) is 8.71. The summed E-state index contributed by atoms with van der Waals surface area (Å²) in [6.07, 6.45) is 3.72. The molecular formula is C11H10N4O. The third kappa shape index (κ3) is 1.18. The van der Waals surface area contributed by atoms with Gasteiger partial charge in [0.05, 0.1) is 0 Å². The summed E-state index contributed by atoms with van der Waals surface area (Å²) in [5.74, 6) is 1.05. The zero-order chi connectivity index (χ0) is 11.1. The molecule has 0 spiro atoms. The standard InChI is InChI=1S/C11H10N4O/c1-15-6-8(9-5-10(12)14-16-9)7-3-2-4-13-11(7)15/h2-6H,1H3,(H2,12,14). The molecule has 0 aliphatic carbocycles. The first-order valence-corrected chi connectivity index (χ1v) is 4.88. The third-order valence-electron chi connectivity index (χ3n) is 2.53. The first-order valence-electron chi connectivity index (χ1n) is 4.88.